The molecule has 1 aliphatic carbocycles. The van der Waals surface area contributed by atoms with Crippen molar-refractivity contribution in [1.82, 2.24) is 10.2 Å². The first kappa shape index (κ1) is 19.4. The number of rotatable bonds is 5. The largest absolute Gasteiger partial charge is 0.345 e. The maximum atomic E-state index is 12.1. The van der Waals surface area contributed by atoms with Crippen molar-refractivity contribution >= 4 is 34.8 Å². The molecule has 0 aromatic heterocycles. The summed E-state index contributed by atoms with van der Waals surface area (Å²) >= 11 is 5.21. The van der Waals surface area contributed by atoms with Crippen molar-refractivity contribution in [2.24, 2.45) is 5.92 Å². The number of anilines is 1. The summed E-state index contributed by atoms with van der Waals surface area (Å²) in [6, 6.07) is 7.07. The van der Waals surface area contributed by atoms with Gasteiger partial charge in [0.2, 0.25) is 5.91 Å². The van der Waals surface area contributed by atoms with Gasteiger partial charge in [-0.2, -0.15) is 0 Å². The molecule has 136 valence electrons. The van der Waals surface area contributed by atoms with Gasteiger partial charge in [-0.05, 0) is 42.8 Å². The first-order chi connectivity index (χ1) is 12.0. The van der Waals surface area contributed by atoms with Gasteiger partial charge in [0.1, 0.15) is 0 Å². The number of carbonyl (C=O) groups is 2. The van der Waals surface area contributed by atoms with E-state index in [1.54, 1.807) is 32.3 Å². The Kier molecular flexibility index (Phi) is 7.37. The number of nitrogens with one attached hydrogen (secondary N) is 2. The molecule has 0 saturated heterocycles. The van der Waals surface area contributed by atoms with Crippen LogP contribution >= 0.6 is 12.2 Å². The third kappa shape index (κ3) is 6.46. The fraction of sp³-hybridized carbons (Fsp3) is 0.526. The molecule has 0 radical (unpaired) electrons. The molecule has 1 fully saturated rings. The third-order valence-electron chi connectivity index (χ3n) is 4.53. The molecule has 1 aromatic carbocycles. The number of benzene rings is 1. The highest BCUT2D eigenvalue weighted by Gasteiger charge is 2.15. The Morgan fingerprint density at radius 2 is 1.92 bits per heavy atom. The summed E-state index contributed by atoms with van der Waals surface area (Å²) in [5, 5.41) is 5.97. The molecule has 2 rings (SSSR count). The van der Waals surface area contributed by atoms with Gasteiger partial charge in [0, 0.05) is 31.8 Å². The first-order valence-corrected chi connectivity index (χ1v) is 9.29. The van der Waals surface area contributed by atoms with Gasteiger partial charge in [-0.25, -0.2) is 0 Å². The second-order valence-corrected chi connectivity index (χ2v) is 7.23. The van der Waals surface area contributed by atoms with Crippen LogP contribution < -0.4 is 10.6 Å². The van der Waals surface area contributed by atoms with Crippen molar-refractivity contribution in [2.75, 3.05) is 19.4 Å². The Morgan fingerprint density at radius 1 is 1.20 bits per heavy atom. The van der Waals surface area contributed by atoms with Gasteiger partial charge >= 0.3 is 0 Å². The number of amides is 2. The van der Waals surface area contributed by atoms with E-state index in [1.807, 2.05) is 6.07 Å². The number of hydrogen-bond acceptors (Lipinski definition) is 3. The zero-order valence-electron chi connectivity index (χ0n) is 15.0. The zero-order chi connectivity index (χ0) is 18.2. The van der Waals surface area contributed by atoms with Gasteiger partial charge in [0.15, 0.2) is 5.11 Å². The smallest absolute Gasteiger partial charge is 0.253 e. The molecule has 0 atom stereocenters. The van der Waals surface area contributed by atoms with Crippen molar-refractivity contribution in [1.29, 1.82) is 0 Å². The average molecular weight is 362 g/mol. The summed E-state index contributed by atoms with van der Waals surface area (Å²) in [7, 11) is 3.42. The molecule has 0 aliphatic heterocycles. The molecule has 25 heavy (non-hydrogen) atoms. The molecule has 5 nitrogen and oxygen atoms in total. The SMILES string of the molecule is CN(C)C(=O)c1cccc(NC(=S)NC(=O)CCC2CCCCC2)c1. The number of thiocarbonyl (C=S) groups is 1. The molecule has 0 heterocycles. The summed E-state index contributed by atoms with van der Waals surface area (Å²) in [5.74, 6) is 0.546. The summed E-state index contributed by atoms with van der Waals surface area (Å²) in [4.78, 5) is 25.6. The normalized spacial score (nSPS) is 14.6. The molecule has 1 aliphatic rings. The van der Waals surface area contributed by atoms with Crippen LogP contribution in [-0.4, -0.2) is 35.9 Å². The molecule has 0 bridgehead atoms. The van der Waals surface area contributed by atoms with Crippen molar-refractivity contribution in [2.45, 2.75) is 44.9 Å². The minimum absolute atomic E-state index is 0.0522. The van der Waals surface area contributed by atoms with E-state index in [0.717, 1.165) is 6.42 Å². The Morgan fingerprint density at radius 3 is 2.60 bits per heavy atom. The second kappa shape index (κ2) is 9.51. The molecule has 1 aromatic rings. The van der Waals surface area contributed by atoms with Gasteiger partial charge in [-0.1, -0.05) is 38.2 Å². The predicted octanol–water partition coefficient (Wildman–Crippen LogP) is 3.56. The van der Waals surface area contributed by atoms with Crippen LogP contribution in [0.4, 0.5) is 5.69 Å². The van der Waals surface area contributed by atoms with Crippen LogP contribution in [0, 0.1) is 5.92 Å². The Bertz CT molecular complexity index is 625. The molecule has 0 spiro atoms. The second-order valence-electron chi connectivity index (χ2n) is 6.83. The molecule has 2 amide bonds. The Labute approximate surface area is 155 Å². The fourth-order valence-electron chi connectivity index (χ4n) is 3.15. The van der Waals surface area contributed by atoms with Gasteiger partial charge in [-0.3, -0.25) is 9.59 Å². The molecule has 6 heteroatoms. The number of carbonyl (C=O) groups excluding carboxylic acids is 2. The minimum Gasteiger partial charge on any atom is -0.345 e. The quantitative estimate of drug-likeness (QED) is 0.787. The molecule has 1 saturated carbocycles. The summed E-state index contributed by atoms with van der Waals surface area (Å²) in [5.41, 5.74) is 1.26. The van der Waals surface area contributed by atoms with E-state index < -0.39 is 0 Å². The van der Waals surface area contributed by atoms with Crippen LogP contribution in [0.1, 0.15) is 55.3 Å². The highest BCUT2D eigenvalue weighted by atomic mass is 32.1. The standard InChI is InChI=1S/C19H27N3O2S/c1-22(2)18(24)15-9-6-10-16(13-15)20-19(25)21-17(23)12-11-14-7-4-3-5-8-14/h6,9-10,13-14H,3-5,7-8,11-12H2,1-2H3,(H2,20,21,23,25). The lowest BCUT2D eigenvalue weighted by molar-refractivity contribution is -0.120. The van der Waals surface area contributed by atoms with Crippen LogP contribution in [0.2, 0.25) is 0 Å². The van der Waals surface area contributed by atoms with Gasteiger partial charge in [0.05, 0.1) is 0 Å². The van der Waals surface area contributed by atoms with E-state index in [-0.39, 0.29) is 16.9 Å². The summed E-state index contributed by atoms with van der Waals surface area (Å²) in [6.07, 6.45) is 7.81. The van der Waals surface area contributed by atoms with Crippen LogP contribution in [0.5, 0.6) is 0 Å². The predicted molar refractivity (Wildman–Crippen MR) is 105 cm³/mol. The maximum Gasteiger partial charge on any atom is 0.253 e. The zero-order valence-corrected chi connectivity index (χ0v) is 15.8. The van der Waals surface area contributed by atoms with Crippen molar-refractivity contribution < 1.29 is 9.59 Å². The monoisotopic (exact) mass is 361 g/mol. The summed E-state index contributed by atoms with van der Waals surface area (Å²) < 4.78 is 0. The Hall–Kier alpha value is -1.95. The third-order valence-corrected chi connectivity index (χ3v) is 4.74. The molecule has 2 N–H and O–H groups in total. The van der Waals surface area contributed by atoms with Crippen LogP contribution in [0.15, 0.2) is 24.3 Å². The lowest BCUT2D eigenvalue weighted by Gasteiger charge is -2.21. The van der Waals surface area contributed by atoms with E-state index in [4.69, 9.17) is 12.2 Å². The maximum absolute atomic E-state index is 12.1. The molecule has 0 unspecified atom stereocenters. The molecular weight excluding hydrogens is 334 g/mol. The van der Waals surface area contributed by atoms with Gasteiger partial charge in [-0.15, -0.1) is 0 Å². The van der Waals surface area contributed by atoms with Crippen molar-refractivity contribution in [3.8, 4) is 0 Å². The van der Waals surface area contributed by atoms with Crippen LogP contribution in [0.3, 0.4) is 0 Å². The average Bonchev–Trinajstić information content (AvgIpc) is 2.60. The Balaban J connectivity index is 1.80. The first-order valence-electron chi connectivity index (χ1n) is 8.88. The fourth-order valence-corrected chi connectivity index (χ4v) is 3.38. The number of hydrogen-bond donors (Lipinski definition) is 2. The van der Waals surface area contributed by atoms with E-state index in [9.17, 15) is 9.59 Å². The topological polar surface area (TPSA) is 61.4 Å². The summed E-state index contributed by atoms with van der Waals surface area (Å²) in [6.45, 7) is 0. The molecular formula is C19H27N3O2S. The number of nitrogens with zero attached hydrogens (tertiary/aromatic N) is 1. The van der Waals surface area contributed by atoms with Crippen LogP contribution in [-0.2, 0) is 4.79 Å². The highest BCUT2D eigenvalue weighted by molar-refractivity contribution is 7.80. The van der Waals surface area contributed by atoms with E-state index in [0.29, 0.717) is 23.6 Å². The van der Waals surface area contributed by atoms with E-state index >= 15 is 0 Å². The van der Waals surface area contributed by atoms with Crippen LogP contribution in [0.25, 0.3) is 0 Å². The van der Waals surface area contributed by atoms with E-state index in [1.165, 1.54) is 37.0 Å². The van der Waals surface area contributed by atoms with Gasteiger partial charge < -0.3 is 15.5 Å². The van der Waals surface area contributed by atoms with E-state index in [2.05, 4.69) is 10.6 Å². The lowest BCUT2D eigenvalue weighted by Crippen LogP contribution is -2.34. The lowest BCUT2D eigenvalue weighted by atomic mass is 9.86. The van der Waals surface area contributed by atoms with Crippen molar-refractivity contribution in [3.05, 3.63) is 29.8 Å². The van der Waals surface area contributed by atoms with Crippen molar-refractivity contribution in [3.63, 3.8) is 0 Å². The highest BCUT2D eigenvalue weighted by Crippen LogP contribution is 2.27. The minimum atomic E-state index is -0.0777. The van der Waals surface area contributed by atoms with Gasteiger partial charge in [0.25, 0.3) is 5.91 Å².